The molecule has 0 aromatic heterocycles. The van der Waals surface area contributed by atoms with Gasteiger partial charge in [0.05, 0.1) is 139 Å². The Morgan fingerprint density at radius 2 is 0.673 bits per heavy atom. The monoisotopic (exact) mass is 704 g/mol. The van der Waals surface area contributed by atoms with Gasteiger partial charge < -0.3 is 56.8 Å². The van der Waals surface area contributed by atoms with E-state index in [1.165, 1.54) is 12.8 Å². The summed E-state index contributed by atoms with van der Waals surface area (Å²) in [6.07, 6.45) is 3.52. The van der Waals surface area contributed by atoms with Gasteiger partial charge in [-0.3, -0.25) is 4.79 Å². The van der Waals surface area contributed by atoms with E-state index in [9.17, 15) is 9.59 Å². The fraction of sp³-hybridized carbons (Fsp3) is 0.771. The first-order valence-electron chi connectivity index (χ1n) is 17.4. The predicted molar refractivity (Wildman–Crippen MR) is 180 cm³/mol. The van der Waals surface area contributed by atoms with E-state index < -0.39 is 11.8 Å². The van der Waals surface area contributed by atoms with Crippen molar-refractivity contribution in [1.82, 2.24) is 0 Å². The highest BCUT2D eigenvalue weighted by atomic mass is 16.6. The third-order valence-electron chi connectivity index (χ3n) is 6.29. The van der Waals surface area contributed by atoms with Crippen LogP contribution < -0.4 is 0 Å². The molecule has 1 aromatic rings. The molecule has 0 spiro atoms. The first-order valence-corrected chi connectivity index (χ1v) is 17.4. The summed E-state index contributed by atoms with van der Waals surface area (Å²) in [7, 11) is 0. The largest absolute Gasteiger partial charge is 0.457 e. The Morgan fingerprint density at radius 1 is 0.388 bits per heavy atom. The number of benzene rings is 1. The molecule has 0 N–H and O–H groups in total. The van der Waals surface area contributed by atoms with Gasteiger partial charge in [-0.25, -0.2) is 4.79 Å². The van der Waals surface area contributed by atoms with Crippen LogP contribution in [0.25, 0.3) is 0 Å². The van der Waals surface area contributed by atoms with Crippen molar-refractivity contribution in [2.45, 2.75) is 26.2 Å². The molecule has 0 radical (unpaired) electrons. The minimum Gasteiger partial charge on any atom is -0.457 e. The Morgan fingerprint density at radius 3 is 0.980 bits per heavy atom. The van der Waals surface area contributed by atoms with Gasteiger partial charge in [-0.1, -0.05) is 50.1 Å². The fourth-order valence-corrected chi connectivity index (χ4v) is 3.72. The Kier molecular flexibility index (Phi) is 34.1. The topological polar surface area (TPSA) is 145 Å². The molecule has 0 aliphatic heterocycles. The van der Waals surface area contributed by atoms with Crippen LogP contribution >= 0.6 is 0 Å². The SMILES string of the molecule is CCCCCOCCOCCOCCOCCOCCOCCOCCOCCOCCOCCOCCOC(=O)C(=O)c1ccccc1. The molecule has 0 aliphatic rings. The average molecular weight is 705 g/mol. The van der Waals surface area contributed by atoms with Crippen LogP contribution in [0.1, 0.15) is 36.5 Å². The van der Waals surface area contributed by atoms with Crippen molar-refractivity contribution < 1.29 is 66.4 Å². The summed E-state index contributed by atoms with van der Waals surface area (Å²) in [6.45, 7) is 13.0. The highest BCUT2D eigenvalue weighted by Crippen LogP contribution is 2.01. The normalized spacial score (nSPS) is 11.3. The van der Waals surface area contributed by atoms with Crippen LogP contribution in [0.5, 0.6) is 0 Å². The summed E-state index contributed by atoms with van der Waals surface area (Å²) in [5.74, 6) is -1.57. The van der Waals surface area contributed by atoms with Crippen molar-refractivity contribution in [1.29, 1.82) is 0 Å². The van der Waals surface area contributed by atoms with Gasteiger partial charge in [-0.15, -0.1) is 0 Å². The van der Waals surface area contributed by atoms with Crippen LogP contribution in [0.4, 0.5) is 0 Å². The summed E-state index contributed by atoms with van der Waals surface area (Å²) < 4.78 is 64.9. The maximum atomic E-state index is 11.9. The van der Waals surface area contributed by atoms with E-state index in [0.717, 1.165) is 13.0 Å². The summed E-state index contributed by atoms with van der Waals surface area (Å²) >= 11 is 0. The van der Waals surface area contributed by atoms with Crippen molar-refractivity contribution >= 4 is 11.8 Å². The molecular formula is C35H60O14. The number of hydrogen-bond acceptors (Lipinski definition) is 14. The van der Waals surface area contributed by atoms with E-state index >= 15 is 0 Å². The minimum atomic E-state index is -0.896. The number of ketones is 1. The smallest absolute Gasteiger partial charge is 0.379 e. The van der Waals surface area contributed by atoms with Gasteiger partial charge in [0.2, 0.25) is 0 Å². The zero-order chi connectivity index (χ0) is 35.1. The second-order valence-electron chi connectivity index (χ2n) is 10.3. The summed E-state index contributed by atoms with van der Waals surface area (Å²) in [4.78, 5) is 23.6. The Bertz CT molecular complexity index is 845. The van der Waals surface area contributed by atoms with Crippen LogP contribution in [0.3, 0.4) is 0 Å². The maximum Gasteiger partial charge on any atom is 0.379 e. The van der Waals surface area contributed by atoms with Crippen molar-refractivity contribution in [2.75, 3.05) is 152 Å². The molecule has 14 heteroatoms. The number of Topliss-reactive ketones (excluding diaryl/α,β-unsaturated/α-hetero) is 1. The van der Waals surface area contributed by atoms with E-state index in [-0.39, 0.29) is 13.2 Å². The number of hydrogen-bond donors (Lipinski definition) is 0. The number of carbonyl (C=O) groups excluding carboxylic acids is 2. The second kappa shape index (κ2) is 37.2. The Labute approximate surface area is 292 Å². The molecule has 0 unspecified atom stereocenters. The van der Waals surface area contributed by atoms with Crippen molar-refractivity contribution in [3.05, 3.63) is 35.9 Å². The van der Waals surface area contributed by atoms with Crippen molar-refractivity contribution in [3.8, 4) is 0 Å². The van der Waals surface area contributed by atoms with Crippen LogP contribution in [0.15, 0.2) is 30.3 Å². The fourth-order valence-electron chi connectivity index (χ4n) is 3.72. The lowest BCUT2D eigenvalue weighted by atomic mass is 10.1. The van der Waals surface area contributed by atoms with Gasteiger partial charge in [0, 0.05) is 12.2 Å². The third kappa shape index (κ3) is 31.6. The number of esters is 1. The van der Waals surface area contributed by atoms with E-state index in [1.807, 2.05) is 0 Å². The van der Waals surface area contributed by atoms with E-state index in [4.69, 9.17) is 56.8 Å². The molecule has 0 saturated heterocycles. The lowest BCUT2D eigenvalue weighted by Crippen LogP contribution is -2.20. The van der Waals surface area contributed by atoms with Gasteiger partial charge in [-0.2, -0.15) is 0 Å². The molecule has 0 saturated carbocycles. The Hall–Kier alpha value is -2.08. The molecule has 284 valence electrons. The first-order chi connectivity index (χ1) is 24.3. The number of unbranched alkanes of at least 4 members (excludes halogenated alkanes) is 2. The number of ether oxygens (including phenoxy) is 12. The van der Waals surface area contributed by atoms with E-state index in [2.05, 4.69) is 6.92 Å². The second-order valence-corrected chi connectivity index (χ2v) is 10.3. The molecule has 14 nitrogen and oxygen atoms in total. The zero-order valence-electron chi connectivity index (χ0n) is 29.5. The van der Waals surface area contributed by atoms with Crippen LogP contribution in [0.2, 0.25) is 0 Å². The molecule has 1 rings (SSSR count). The molecule has 0 bridgehead atoms. The highest BCUT2D eigenvalue weighted by molar-refractivity contribution is 6.40. The zero-order valence-corrected chi connectivity index (χ0v) is 29.5. The molecule has 0 amide bonds. The Balaban J connectivity index is 1.65. The molecule has 0 atom stereocenters. The molecular weight excluding hydrogens is 644 g/mol. The minimum absolute atomic E-state index is 0.00193. The van der Waals surface area contributed by atoms with Crippen LogP contribution in [-0.4, -0.2) is 164 Å². The van der Waals surface area contributed by atoms with Crippen molar-refractivity contribution in [3.63, 3.8) is 0 Å². The summed E-state index contributed by atoms with van der Waals surface area (Å²) in [6, 6.07) is 8.26. The molecule has 0 heterocycles. The molecule has 1 aromatic carbocycles. The van der Waals surface area contributed by atoms with Crippen LogP contribution in [0, 0.1) is 0 Å². The van der Waals surface area contributed by atoms with E-state index in [1.54, 1.807) is 30.3 Å². The third-order valence-corrected chi connectivity index (χ3v) is 6.29. The average Bonchev–Trinajstić information content (AvgIpc) is 3.12. The molecule has 0 fully saturated rings. The van der Waals surface area contributed by atoms with Gasteiger partial charge in [0.25, 0.3) is 5.78 Å². The lowest BCUT2D eigenvalue weighted by Gasteiger charge is -2.09. The van der Waals surface area contributed by atoms with Gasteiger partial charge in [0.1, 0.15) is 6.61 Å². The number of carbonyl (C=O) groups is 2. The van der Waals surface area contributed by atoms with Gasteiger partial charge in [-0.05, 0) is 6.42 Å². The van der Waals surface area contributed by atoms with E-state index in [0.29, 0.717) is 138 Å². The maximum absolute atomic E-state index is 11.9. The van der Waals surface area contributed by atoms with Gasteiger partial charge in [0.15, 0.2) is 0 Å². The molecule has 49 heavy (non-hydrogen) atoms. The summed E-state index contributed by atoms with van der Waals surface area (Å²) in [5, 5.41) is 0. The highest BCUT2D eigenvalue weighted by Gasteiger charge is 2.17. The predicted octanol–water partition coefficient (Wildman–Crippen LogP) is 2.79. The lowest BCUT2D eigenvalue weighted by molar-refractivity contribution is -0.139. The quantitative estimate of drug-likeness (QED) is 0.0429. The van der Waals surface area contributed by atoms with Crippen molar-refractivity contribution in [2.24, 2.45) is 0 Å². The molecule has 0 aliphatic carbocycles. The standard InChI is InChI=1S/C35H60O14/c1-2-3-7-10-38-11-12-39-13-14-40-15-16-41-17-18-42-19-20-43-21-22-44-23-24-45-25-26-46-27-28-47-29-30-48-31-32-49-35(37)34(36)33-8-5-4-6-9-33/h4-6,8-9H,2-3,7,10-32H2,1H3. The van der Waals surface area contributed by atoms with Crippen LogP contribution in [-0.2, 0) is 61.6 Å². The first kappa shape index (κ1) is 44.9. The van der Waals surface area contributed by atoms with Gasteiger partial charge >= 0.3 is 5.97 Å². The number of rotatable bonds is 39. The summed E-state index contributed by atoms with van der Waals surface area (Å²) in [5.41, 5.74) is 0.296.